The standard InChI is InChI=1S/C10H20N2.C9H18N2O/c1-11-6-3-4-10(8-11)5-7-12(2)9-10;1-10-4-3-9(7-10)8-11(2)5-6-12-9/h11-12H,1-9H2;10-11H,1-8H2. The Bertz CT molecular complexity index is 374. The van der Waals surface area contributed by atoms with Gasteiger partial charge in [-0.1, -0.05) is 0 Å². The zero-order chi connectivity index (χ0) is 17.2. The Hall–Kier alpha value is -0.200. The first-order chi connectivity index (χ1) is 11.4. The van der Waals surface area contributed by atoms with E-state index in [0.717, 1.165) is 39.2 Å². The number of piperidine rings is 1. The number of likely N-dealkylation sites (tertiary alicyclic amines) is 3. The van der Waals surface area contributed by atoms with Crippen LogP contribution in [0.2, 0.25) is 0 Å². The molecule has 4 fully saturated rings. The molecule has 4 N–H and O–H groups in total. The molecular weight excluding hydrogens is 300 g/mol. The van der Waals surface area contributed by atoms with Gasteiger partial charge in [-0.05, 0) is 12.8 Å². The van der Waals surface area contributed by atoms with Crippen molar-refractivity contribution in [2.75, 3.05) is 59.0 Å². The summed E-state index contributed by atoms with van der Waals surface area (Å²) in [4.78, 5) is 5.67. The molecule has 0 amide bonds. The van der Waals surface area contributed by atoms with Crippen LogP contribution >= 0.6 is 0 Å². The van der Waals surface area contributed by atoms with Gasteiger partial charge in [0.05, 0.1) is 64.4 Å². The first-order valence-electron chi connectivity index (χ1n) is 9.71. The molecule has 5 heteroatoms. The maximum Gasteiger partial charge on any atom is 0.166 e. The Labute approximate surface area is 148 Å². The summed E-state index contributed by atoms with van der Waals surface area (Å²) in [5.41, 5.74) is 0.735. The van der Waals surface area contributed by atoms with Gasteiger partial charge < -0.3 is 24.3 Å². The van der Waals surface area contributed by atoms with Crippen molar-refractivity contribution in [3.05, 3.63) is 28.2 Å². The van der Waals surface area contributed by atoms with E-state index in [9.17, 15) is 0 Å². The first-order valence-corrected chi connectivity index (χ1v) is 9.71. The van der Waals surface area contributed by atoms with Crippen molar-refractivity contribution in [1.29, 1.82) is 0 Å². The van der Waals surface area contributed by atoms with Gasteiger partial charge >= 0.3 is 0 Å². The van der Waals surface area contributed by atoms with Crippen LogP contribution in [0.1, 0.15) is 25.7 Å². The maximum atomic E-state index is 5.85. The van der Waals surface area contributed by atoms with Crippen molar-refractivity contribution < 1.29 is 24.3 Å². The lowest BCUT2D eigenvalue weighted by molar-refractivity contribution is -0.883. The number of ether oxygens (including phenoxy) is 1. The molecule has 6 atom stereocenters. The molecule has 24 heavy (non-hydrogen) atoms. The summed E-state index contributed by atoms with van der Waals surface area (Å²) in [5.74, 6) is 0. The summed E-state index contributed by atoms with van der Waals surface area (Å²) in [6.45, 7) is 10.3. The van der Waals surface area contributed by atoms with Crippen LogP contribution in [0.25, 0.3) is 0 Å². The molecule has 4 heterocycles. The second-order valence-corrected chi connectivity index (χ2v) is 8.84. The summed E-state index contributed by atoms with van der Waals surface area (Å²) in [6, 6.07) is 0. The molecule has 0 aliphatic carbocycles. The van der Waals surface area contributed by atoms with Crippen LogP contribution in [0, 0.1) is 33.6 Å². The van der Waals surface area contributed by atoms with E-state index >= 15 is 0 Å². The normalized spacial score (nSPS) is 48.5. The number of quaternary nitrogens is 4. The van der Waals surface area contributed by atoms with E-state index in [-0.39, 0.29) is 5.60 Å². The maximum absolute atomic E-state index is 5.85. The molecule has 5 nitrogen and oxygen atoms in total. The number of rotatable bonds is 0. The third kappa shape index (κ3) is 4.50. The van der Waals surface area contributed by atoms with Crippen molar-refractivity contribution in [3.63, 3.8) is 0 Å². The predicted octanol–water partition coefficient (Wildman–Crippen LogP) is -3.96. The van der Waals surface area contributed by atoms with Crippen LogP contribution in [0.5, 0.6) is 0 Å². The van der Waals surface area contributed by atoms with Gasteiger partial charge in [-0.25, -0.2) is 0 Å². The molecular formula is C19H38N4O. The van der Waals surface area contributed by atoms with Gasteiger partial charge in [0.25, 0.3) is 0 Å². The predicted molar refractivity (Wildman–Crippen MR) is 93.8 cm³/mol. The minimum absolute atomic E-state index is 0.117. The fraction of sp³-hybridized carbons (Fsp3) is 0.789. The molecule has 0 aromatic heterocycles. The molecule has 0 aromatic rings. The second kappa shape index (κ2) is 7.58. The Kier molecular flexibility index (Phi) is 5.87. The molecule has 4 saturated heterocycles. The van der Waals surface area contributed by atoms with E-state index in [4.69, 9.17) is 4.74 Å². The molecule has 0 saturated carbocycles. The molecule has 6 unspecified atom stereocenters. The lowest BCUT2D eigenvalue weighted by Gasteiger charge is -2.38. The average Bonchev–Trinajstić information content (AvgIpc) is 3.03. The number of nitrogens with one attached hydrogen (secondary N) is 4. The molecule has 0 radical (unpaired) electrons. The van der Waals surface area contributed by atoms with Gasteiger partial charge in [-0.15, -0.1) is 0 Å². The van der Waals surface area contributed by atoms with E-state index in [1.807, 2.05) is 0 Å². The van der Waals surface area contributed by atoms with Gasteiger partial charge in [0, 0.05) is 12.8 Å². The van der Waals surface area contributed by atoms with Crippen LogP contribution in [0.4, 0.5) is 0 Å². The van der Waals surface area contributed by atoms with Gasteiger partial charge in [-0.2, -0.15) is 28.2 Å². The third-order valence-corrected chi connectivity index (χ3v) is 6.44. The Morgan fingerprint density at radius 1 is 0.625 bits per heavy atom. The molecule has 4 aliphatic heterocycles. The number of hydrogen-bond donors (Lipinski definition) is 4. The highest BCUT2D eigenvalue weighted by atomic mass is 16.5. The lowest BCUT2D eigenvalue weighted by Crippen LogP contribution is -3.13. The van der Waals surface area contributed by atoms with Gasteiger partial charge in [0.15, 0.2) is 5.60 Å². The zero-order valence-corrected chi connectivity index (χ0v) is 15.4. The fourth-order valence-electron chi connectivity index (χ4n) is 5.25. The smallest absolute Gasteiger partial charge is 0.166 e. The second-order valence-electron chi connectivity index (χ2n) is 8.84. The van der Waals surface area contributed by atoms with Crippen LogP contribution in [0.15, 0.2) is 0 Å². The van der Waals surface area contributed by atoms with Crippen LogP contribution in [0.3, 0.4) is 0 Å². The van der Waals surface area contributed by atoms with Gasteiger partial charge in [0.2, 0.25) is 0 Å². The summed E-state index contributed by atoms with van der Waals surface area (Å²) in [5, 5.41) is 0. The van der Waals surface area contributed by atoms with Crippen molar-refractivity contribution in [1.82, 2.24) is 0 Å². The van der Waals surface area contributed by atoms with E-state index in [0.29, 0.717) is 5.41 Å². The Morgan fingerprint density at radius 3 is 1.71 bits per heavy atom. The summed E-state index contributed by atoms with van der Waals surface area (Å²) in [6.07, 6.45) is 5.33. The largest absolute Gasteiger partial charge is 0.467 e. The summed E-state index contributed by atoms with van der Waals surface area (Å²) < 4.78 is 5.85. The first kappa shape index (κ1) is 18.6. The minimum atomic E-state index is 0.117. The zero-order valence-electron chi connectivity index (χ0n) is 15.4. The van der Waals surface area contributed by atoms with Crippen molar-refractivity contribution in [2.45, 2.75) is 31.3 Å². The van der Waals surface area contributed by atoms with Crippen LogP contribution in [-0.2, 0) is 4.74 Å². The van der Waals surface area contributed by atoms with Gasteiger partial charge in [-0.3, -0.25) is 0 Å². The topological polar surface area (TPSA) is 27.0 Å². The molecule has 2 spiro atoms. The molecule has 0 bridgehead atoms. The van der Waals surface area contributed by atoms with E-state index in [1.165, 1.54) is 65.0 Å². The highest BCUT2D eigenvalue weighted by molar-refractivity contribution is 4.84. The third-order valence-electron chi connectivity index (χ3n) is 6.44. The molecule has 0 aromatic carbocycles. The number of hydrogen-bond acceptors (Lipinski definition) is 1. The van der Waals surface area contributed by atoms with Crippen molar-refractivity contribution in [2.24, 2.45) is 5.41 Å². The van der Waals surface area contributed by atoms with Crippen LogP contribution in [-0.4, -0.2) is 64.6 Å². The lowest BCUT2D eigenvalue weighted by atomic mass is 9.79. The Morgan fingerprint density at radius 2 is 1.21 bits per heavy atom. The fourth-order valence-corrected chi connectivity index (χ4v) is 5.25. The molecule has 4 rings (SSSR count). The summed E-state index contributed by atoms with van der Waals surface area (Å²) >= 11 is 0. The summed E-state index contributed by atoms with van der Waals surface area (Å²) in [7, 11) is 16.3. The van der Waals surface area contributed by atoms with Crippen molar-refractivity contribution >= 4 is 0 Å². The monoisotopic (exact) mass is 338 g/mol. The Balaban J connectivity index is 0.000000141. The molecule has 140 valence electrons. The quantitative estimate of drug-likeness (QED) is 0.333. The van der Waals surface area contributed by atoms with E-state index in [2.05, 4.69) is 28.2 Å². The van der Waals surface area contributed by atoms with E-state index < -0.39 is 0 Å². The minimum Gasteiger partial charge on any atom is -0.467 e. The molecule has 4 aliphatic rings. The number of morpholine rings is 1. The average molecular weight is 339 g/mol. The highest BCUT2D eigenvalue weighted by Crippen LogP contribution is 2.28. The van der Waals surface area contributed by atoms with Crippen molar-refractivity contribution in [3.8, 4) is 0 Å². The van der Waals surface area contributed by atoms with Crippen LogP contribution < -0.4 is 19.6 Å². The SMILES string of the molecule is [CH2-][NH+]1CCCC2(CC[NH+]([CH2-])C2)C1.[CH2-][NH+]1CCOC2(CC[NH+]([CH2-])C2)C1. The van der Waals surface area contributed by atoms with E-state index in [1.54, 1.807) is 0 Å². The highest BCUT2D eigenvalue weighted by Gasteiger charge is 2.43. The van der Waals surface area contributed by atoms with Gasteiger partial charge in [0.1, 0.15) is 0 Å².